The summed E-state index contributed by atoms with van der Waals surface area (Å²) < 4.78 is 0. The van der Waals surface area contributed by atoms with Crippen molar-refractivity contribution < 1.29 is 19.6 Å². The average molecular weight is 326 g/mol. The van der Waals surface area contributed by atoms with E-state index in [1.165, 1.54) is 23.9 Å². The monoisotopic (exact) mass is 326 g/mol. The van der Waals surface area contributed by atoms with Crippen molar-refractivity contribution in [2.45, 2.75) is 25.2 Å². The van der Waals surface area contributed by atoms with E-state index in [4.69, 9.17) is 5.11 Å². The maximum Gasteiger partial charge on any atom is 0.303 e. The second-order valence-corrected chi connectivity index (χ2v) is 6.09. The maximum atomic E-state index is 12.2. The van der Waals surface area contributed by atoms with E-state index in [0.717, 1.165) is 5.75 Å². The van der Waals surface area contributed by atoms with E-state index in [9.17, 15) is 19.7 Å². The molecule has 1 unspecified atom stereocenters. The Labute approximate surface area is 132 Å². The number of carbonyl (C=O) groups is 2. The zero-order chi connectivity index (χ0) is 16.7. The molecule has 0 saturated carbocycles. The molecule has 0 fully saturated rings. The lowest BCUT2D eigenvalue weighted by atomic mass is 10.1. The van der Waals surface area contributed by atoms with Gasteiger partial charge in [-0.1, -0.05) is 13.8 Å². The first-order valence-electron chi connectivity index (χ1n) is 6.76. The van der Waals surface area contributed by atoms with E-state index in [1.54, 1.807) is 13.0 Å². The van der Waals surface area contributed by atoms with Crippen LogP contribution in [0, 0.1) is 16.0 Å². The van der Waals surface area contributed by atoms with Crippen molar-refractivity contribution in [2.24, 2.45) is 5.92 Å². The summed E-state index contributed by atoms with van der Waals surface area (Å²) in [7, 11) is 0. The molecule has 0 aliphatic heterocycles. The topological polar surface area (TPSA) is 110 Å². The Kier molecular flexibility index (Phi) is 6.84. The second kappa shape index (κ2) is 8.38. The molecule has 2 N–H and O–H groups in total. The average Bonchev–Trinajstić information content (AvgIpc) is 2.44. The molecule has 1 amide bonds. The van der Waals surface area contributed by atoms with Gasteiger partial charge < -0.3 is 10.4 Å². The highest BCUT2D eigenvalue weighted by Gasteiger charge is 2.17. The minimum atomic E-state index is -0.931. The zero-order valence-electron chi connectivity index (χ0n) is 12.4. The number of aliphatic carboxylic acids is 1. The highest BCUT2D eigenvalue weighted by Crippen LogP contribution is 2.26. The molecule has 0 heterocycles. The van der Waals surface area contributed by atoms with Crippen molar-refractivity contribution in [1.29, 1.82) is 0 Å². The number of rotatable bonds is 8. The zero-order valence-corrected chi connectivity index (χ0v) is 13.2. The lowest BCUT2D eigenvalue weighted by Gasteiger charge is -2.12. The third kappa shape index (κ3) is 5.36. The van der Waals surface area contributed by atoms with E-state index in [0.29, 0.717) is 4.90 Å². The lowest BCUT2D eigenvalue weighted by molar-refractivity contribution is -0.384. The summed E-state index contributed by atoms with van der Waals surface area (Å²) >= 11 is 1.42. The number of hydrogen-bond donors (Lipinski definition) is 2. The van der Waals surface area contributed by atoms with Gasteiger partial charge in [-0.15, -0.1) is 11.8 Å². The van der Waals surface area contributed by atoms with Crippen LogP contribution in [0.3, 0.4) is 0 Å². The number of carbonyl (C=O) groups excluding carboxylic acids is 1. The Morgan fingerprint density at radius 3 is 2.68 bits per heavy atom. The van der Waals surface area contributed by atoms with E-state index in [1.807, 2.05) is 6.92 Å². The summed E-state index contributed by atoms with van der Waals surface area (Å²) in [5.41, 5.74) is 0.0905. The van der Waals surface area contributed by atoms with Gasteiger partial charge in [0, 0.05) is 30.0 Å². The Morgan fingerprint density at radius 2 is 2.14 bits per heavy atom. The number of nitrogens with one attached hydrogen (secondary N) is 1. The largest absolute Gasteiger partial charge is 0.481 e. The number of non-ortho nitro benzene ring substituents is 1. The molecule has 1 aromatic carbocycles. The third-order valence-electron chi connectivity index (χ3n) is 2.85. The molecular formula is C14H18N2O5S. The van der Waals surface area contributed by atoms with E-state index in [2.05, 4.69) is 5.32 Å². The first-order chi connectivity index (χ1) is 10.3. The van der Waals surface area contributed by atoms with Crippen molar-refractivity contribution in [3.8, 4) is 0 Å². The van der Waals surface area contributed by atoms with Gasteiger partial charge in [0.15, 0.2) is 0 Å². The van der Waals surface area contributed by atoms with Gasteiger partial charge in [0.05, 0.1) is 10.5 Å². The molecule has 0 aromatic heterocycles. The van der Waals surface area contributed by atoms with Gasteiger partial charge in [-0.25, -0.2) is 0 Å². The van der Waals surface area contributed by atoms with Crippen molar-refractivity contribution in [1.82, 2.24) is 5.32 Å². The van der Waals surface area contributed by atoms with Crippen LogP contribution in [0.1, 0.15) is 30.6 Å². The molecule has 0 aliphatic carbocycles. The SMILES string of the molecule is CCSc1ccc([N+](=O)[O-])cc1C(=O)NCC(C)CC(=O)O. The number of benzene rings is 1. The summed E-state index contributed by atoms with van der Waals surface area (Å²) in [5.74, 6) is -0.855. The molecule has 22 heavy (non-hydrogen) atoms. The molecule has 1 aromatic rings. The van der Waals surface area contributed by atoms with Gasteiger partial charge in [0.2, 0.25) is 0 Å². The fourth-order valence-corrected chi connectivity index (χ4v) is 2.61. The highest BCUT2D eigenvalue weighted by molar-refractivity contribution is 7.99. The number of nitro benzene ring substituents is 1. The molecular weight excluding hydrogens is 308 g/mol. The fraction of sp³-hybridized carbons (Fsp3) is 0.429. The lowest BCUT2D eigenvalue weighted by Crippen LogP contribution is -2.29. The molecule has 0 spiro atoms. The van der Waals surface area contributed by atoms with Gasteiger partial charge in [0.1, 0.15) is 0 Å². The van der Waals surface area contributed by atoms with Gasteiger partial charge in [-0.2, -0.15) is 0 Å². The number of thioether (sulfide) groups is 1. The van der Waals surface area contributed by atoms with Crippen LogP contribution in [-0.2, 0) is 4.79 Å². The summed E-state index contributed by atoms with van der Waals surface area (Å²) in [5, 5.41) is 22.2. The smallest absolute Gasteiger partial charge is 0.303 e. The first kappa shape index (κ1) is 18.0. The molecule has 120 valence electrons. The Morgan fingerprint density at radius 1 is 1.45 bits per heavy atom. The number of carboxylic acid groups (broad SMARTS) is 1. The second-order valence-electron chi connectivity index (χ2n) is 4.78. The van der Waals surface area contributed by atoms with E-state index < -0.39 is 16.8 Å². The minimum Gasteiger partial charge on any atom is -0.481 e. The third-order valence-corrected chi connectivity index (χ3v) is 3.81. The standard InChI is InChI=1S/C14H18N2O5S/c1-3-22-12-5-4-10(16(20)21)7-11(12)14(19)15-8-9(2)6-13(17)18/h4-5,7,9H,3,6,8H2,1-2H3,(H,15,19)(H,17,18). The minimum absolute atomic E-state index is 0.0498. The first-order valence-corrected chi connectivity index (χ1v) is 7.75. The van der Waals surface area contributed by atoms with Gasteiger partial charge >= 0.3 is 5.97 Å². The highest BCUT2D eigenvalue weighted by atomic mass is 32.2. The molecule has 0 aliphatic rings. The Bertz CT molecular complexity index is 576. The Balaban J connectivity index is 2.87. The van der Waals surface area contributed by atoms with Crippen LogP contribution < -0.4 is 5.32 Å². The van der Waals surface area contributed by atoms with Crippen LogP contribution in [0.5, 0.6) is 0 Å². The Hall–Kier alpha value is -2.09. The summed E-state index contributed by atoms with van der Waals surface area (Å²) in [6, 6.07) is 4.17. The van der Waals surface area contributed by atoms with Crippen molar-refractivity contribution in [3.63, 3.8) is 0 Å². The van der Waals surface area contributed by atoms with Crippen LogP contribution in [-0.4, -0.2) is 34.2 Å². The quantitative estimate of drug-likeness (QED) is 0.431. The van der Waals surface area contributed by atoms with Crippen LogP contribution >= 0.6 is 11.8 Å². The van der Waals surface area contributed by atoms with Crippen molar-refractivity contribution in [2.75, 3.05) is 12.3 Å². The normalized spacial score (nSPS) is 11.7. The van der Waals surface area contributed by atoms with Gasteiger partial charge in [-0.3, -0.25) is 19.7 Å². The van der Waals surface area contributed by atoms with Crippen molar-refractivity contribution >= 4 is 29.3 Å². The molecule has 0 saturated heterocycles. The summed E-state index contributed by atoms with van der Waals surface area (Å²) in [4.78, 5) is 33.7. The number of amides is 1. The molecule has 7 nitrogen and oxygen atoms in total. The number of hydrogen-bond acceptors (Lipinski definition) is 5. The van der Waals surface area contributed by atoms with Crippen LogP contribution in [0.25, 0.3) is 0 Å². The van der Waals surface area contributed by atoms with Gasteiger partial charge in [-0.05, 0) is 17.7 Å². The molecule has 8 heteroatoms. The van der Waals surface area contributed by atoms with E-state index >= 15 is 0 Å². The molecule has 0 bridgehead atoms. The van der Waals surface area contributed by atoms with Gasteiger partial charge in [0.25, 0.3) is 11.6 Å². The van der Waals surface area contributed by atoms with Crippen LogP contribution in [0.15, 0.2) is 23.1 Å². The fourth-order valence-electron chi connectivity index (χ4n) is 1.82. The van der Waals surface area contributed by atoms with E-state index in [-0.39, 0.29) is 30.1 Å². The number of carboxylic acids is 1. The summed E-state index contributed by atoms with van der Waals surface area (Å²) in [6.07, 6.45) is -0.0498. The van der Waals surface area contributed by atoms with Crippen LogP contribution in [0.4, 0.5) is 5.69 Å². The maximum absolute atomic E-state index is 12.2. The molecule has 0 radical (unpaired) electrons. The predicted octanol–water partition coefficient (Wildman–Crippen LogP) is 2.55. The number of nitrogens with zero attached hydrogens (tertiary/aromatic N) is 1. The summed E-state index contributed by atoms with van der Waals surface area (Å²) in [6.45, 7) is 3.83. The van der Waals surface area contributed by atoms with Crippen LogP contribution in [0.2, 0.25) is 0 Å². The van der Waals surface area contributed by atoms with Crippen molar-refractivity contribution in [3.05, 3.63) is 33.9 Å². The predicted molar refractivity (Wildman–Crippen MR) is 83.2 cm³/mol. The number of nitro groups is 1. The molecule has 1 atom stereocenters. The molecule has 1 rings (SSSR count).